The predicted molar refractivity (Wildman–Crippen MR) is 71.0 cm³/mol. The zero-order valence-corrected chi connectivity index (χ0v) is 12.5. The number of carbonyl (C=O) groups is 2. The summed E-state index contributed by atoms with van der Waals surface area (Å²) < 4.78 is 10.2. The van der Waals surface area contributed by atoms with Gasteiger partial charge < -0.3 is 14.6 Å². The van der Waals surface area contributed by atoms with E-state index in [-0.39, 0.29) is 12.0 Å². The van der Waals surface area contributed by atoms with E-state index < -0.39 is 29.8 Å². The minimum Gasteiger partial charge on any atom is -0.467 e. The quantitative estimate of drug-likeness (QED) is 0.735. The summed E-state index contributed by atoms with van der Waals surface area (Å²) >= 11 is 0. The Morgan fingerprint density at radius 1 is 1.25 bits per heavy atom. The number of carbonyl (C=O) groups excluding carboxylic acids is 2. The first-order chi connectivity index (χ1) is 9.24. The van der Waals surface area contributed by atoms with Crippen molar-refractivity contribution in [3.8, 4) is 0 Å². The molecule has 1 aliphatic carbocycles. The van der Waals surface area contributed by atoms with E-state index in [1.807, 2.05) is 0 Å². The fraction of sp³-hybridized carbons (Fsp3) is 0.857. The molecule has 3 aliphatic rings. The van der Waals surface area contributed by atoms with Crippen molar-refractivity contribution in [2.45, 2.75) is 63.8 Å². The highest BCUT2D eigenvalue weighted by molar-refractivity contribution is 5.82. The standard InChI is InChI=1S/C14H23NO5/c1-14(2,3)20-13(18)15-8-5-6-9(10(16)7-8)11(15)12(17)19-4/h8-11,16H,5-7H2,1-4H3/t8-,9-,10-,11+/m1/s1. The monoisotopic (exact) mass is 285 g/mol. The Labute approximate surface area is 119 Å². The molecule has 4 atom stereocenters. The van der Waals surface area contributed by atoms with Crippen molar-refractivity contribution in [3.05, 3.63) is 0 Å². The van der Waals surface area contributed by atoms with Crippen molar-refractivity contribution in [1.82, 2.24) is 4.90 Å². The third-order valence-corrected chi connectivity index (χ3v) is 3.99. The van der Waals surface area contributed by atoms with Crippen molar-refractivity contribution >= 4 is 12.1 Å². The number of ether oxygens (including phenoxy) is 2. The molecule has 1 N–H and O–H groups in total. The Bertz CT molecular complexity index is 403. The summed E-state index contributed by atoms with van der Waals surface area (Å²) in [4.78, 5) is 25.8. The molecular formula is C14H23NO5. The van der Waals surface area contributed by atoms with Gasteiger partial charge in [0, 0.05) is 12.0 Å². The van der Waals surface area contributed by atoms with Crippen LogP contribution in [0.4, 0.5) is 4.79 Å². The first-order valence-electron chi connectivity index (χ1n) is 7.02. The van der Waals surface area contributed by atoms with Gasteiger partial charge in [-0.3, -0.25) is 4.90 Å². The third kappa shape index (κ3) is 2.75. The van der Waals surface area contributed by atoms with Gasteiger partial charge >= 0.3 is 12.1 Å². The molecule has 1 saturated carbocycles. The van der Waals surface area contributed by atoms with Crippen LogP contribution in [-0.4, -0.2) is 53.0 Å². The lowest BCUT2D eigenvalue weighted by atomic mass is 9.73. The van der Waals surface area contributed by atoms with Crippen LogP contribution in [0.3, 0.4) is 0 Å². The number of hydrogen-bond acceptors (Lipinski definition) is 5. The second-order valence-electron chi connectivity index (χ2n) is 6.55. The molecule has 2 heterocycles. The number of piperidine rings is 2. The summed E-state index contributed by atoms with van der Waals surface area (Å²) in [6, 6.07) is -0.897. The molecule has 0 aromatic heterocycles. The Hall–Kier alpha value is -1.30. The van der Waals surface area contributed by atoms with Crippen LogP contribution in [0.2, 0.25) is 0 Å². The molecule has 6 nitrogen and oxygen atoms in total. The lowest BCUT2D eigenvalue weighted by Crippen LogP contribution is -2.65. The van der Waals surface area contributed by atoms with Crippen molar-refractivity contribution in [3.63, 3.8) is 0 Å². The van der Waals surface area contributed by atoms with Crippen molar-refractivity contribution in [1.29, 1.82) is 0 Å². The summed E-state index contributed by atoms with van der Waals surface area (Å²) in [7, 11) is 1.30. The van der Waals surface area contributed by atoms with E-state index in [1.54, 1.807) is 20.8 Å². The van der Waals surface area contributed by atoms with Crippen LogP contribution in [-0.2, 0) is 14.3 Å². The minimum absolute atomic E-state index is 0.158. The summed E-state index contributed by atoms with van der Waals surface area (Å²) in [6.07, 6.45) is 0.947. The average Bonchev–Trinajstić information content (AvgIpc) is 2.35. The van der Waals surface area contributed by atoms with Crippen molar-refractivity contribution in [2.24, 2.45) is 5.92 Å². The van der Waals surface area contributed by atoms with Crippen LogP contribution < -0.4 is 0 Å². The molecule has 0 spiro atoms. The van der Waals surface area contributed by atoms with Gasteiger partial charge in [-0.25, -0.2) is 9.59 Å². The lowest BCUT2D eigenvalue weighted by molar-refractivity contribution is -0.163. The maximum absolute atomic E-state index is 12.4. The van der Waals surface area contributed by atoms with E-state index in [4.69, 9.17) is 9.47 Å². The number of fused-ring (bicyclic) bond motifs is 3. The van der Waals surface area contributed by atoms with Crippen LogP contribution in [0.5, 0.6) is 0 Å². The number of amides is 1. The normalized spacial score (nSPS) is 33.0. The Morgan fingerprint density at radius 3 is 2.40 bits per heavy atom. The summed E-state index contributed by atoms with van der Waals surface area (Å²) in [6.45, 7) is 5.36. The molecule has 20 heavy (non-hydrogen) atoms. The molecule has 0 aromatic rings. The molecule has 2 bridgehead atoms. The molecule has 2 aliphatic heterocycles. The van der Waals surface area contributed by atoms with Crippen LogP contribution in [0, 0.1) is 5.92 Å². The third-order valence-electron chi connectivity index (χ3n) is 3.99. The van der Waals surface area contributed by atoms with E-state index in [1.165, 1.54) is 12.0 Å². The molecule has 0 radical (unpaired) electrons. The van der Waals surface area contributed by atoms with Gasteiger partial charge in [0.1, 0.15) is 11.6 Å². The molecule has 6 heteroatoms. The molecule has 3 rings (SSSR count). The highest BCUT2D eigenvalue weighted by Gasteiger charge is 2.53. The molecule has 1 amide bonds. The summed E-state index contributed by atoms with van der Waals surface area (Å²) in [5.74, 6) is -0.746. The largest absolute Gasteiger partial charge is 0.467 e. The summed E-state index contributed by atoms with van der Waals surface area (Å²) in [5.41, 5.74) is -0.618. The molecule has 3 fully saturated rings. The van der Waals surface area contributed by atoms with Gasteiger partial charge in [0.2, 0.25) is 0 Å². The summed E-state index contributed by atoms with van der Waals surface area (Å²) in [5, 5.41) is 10.1. The maximum atomic E-state index is 12.4. The topological polar surface area (TPSA) is 76.1 Å². The van der Waals surface area contributed by atoms with Crippen molar-refractivity contribution in [2.75, 3.05) is 7.11 Å². The number of nitrogens with zero attached hydrogens (tertiary/aromatic N) is 1. The predicted octanol–water partition coefficient (Wildman–Crippen LogP) is 1.31. The zero-order valence-electron chi connectivity index (χ0n) is 12.5. The lowest BCUT2D eigenvalue weighted by Gasteiger charge is -2.51. The van der Waals surface area contributed by atoms with E-state index in [0.717, 1.165) is 12.8 Å². The van der Waals surface area contributed by atoms with E-state index in [9.17, 15) is 14.7 Å². The second kappa shape index (κ2) is 5.24. The van der Waals surface area contributed by atoms with Gasteiger partial charge in [-0.15, -0.1) is 0 Å². The fourth-order valence-electron chi connectivity index (χ4n) is 3.19. The number of methoxy groups -OCH3 is 1. The number of esters is 1. The maximum Gasteiger partial charge on any atom is 0.411 e. The highest BCUT2D eigenvalue weighted by atomic mass is 16.6. The number of rotatable bonds is 1. The molecule has 114 valence electrons. The average molecular weight is 285 g/mol. The van der Waals surface area contributed by atoms with Crippen LogP contribution >= 0.6 is 0 Å². The highest BCUT2D eigenvalue weighted by Crippen LogP contribution is 2.41. The molecule has 2 saturated heterocycles. The van der Waals surface area contributed by atoms with Crippen LogP contribution in [0.1, 0.15) is 40.0 Å². The van der Waals surface area contributed by atoms with E-state index in [2.05, 4.69) is 0 Å². The Balaban J connectivity index is 2.24. The first-order valence-corrected chi connectivity index (χ1v) is 7.02. The Kier molecular flexibility index (Phi) is 3.95. The first kappa shape index (κ1) is 15.1. The smallest absolute Gasteiger partial charge is 0.411 e. The van der Waals surface area contributed by atoms with E-state index in [0.29, 0.717) is 6.42 Å². The number of aliphatic hydroxyl groups is 1. The van der Waals surface area contributed by atoms with Crippen LogP contribution in [0.25, 0.3) is 0 Å². The van der Waals surface area contributed by atoms with E-state index >= 15 is 0 Å². The van der Waals surface area contributed by atoms with Gasteiger partial charge in [-0.2, -0.15) is 0 Å². The second-order valence-corrected chi connectivity index (χ2v) is 6.55. The van der Waals surface area contributed by atoms with Gasteiger partial charge in [0.05, 0.1) is 13.2 Å². The Morgan fingerprint density at radius 2 is 1.90 bits per heavy atom. The minimum atomic E-state index is -0.739. The number of aliphatic hydroxyl groups excluding tert-OH is 1. The van der Waals surface area contributed by atoms with Gasteiger partial charge in [-0.05, 0) is 40.0 Å². The van der Waals surface area contributed by atoms with Gasteiger partial charge in [0.15, 0.2) is 0 Å². The molecule has 0 aromatic carbocycles. The molecular weight excluding hydrogens is 262 g/mol. The van der Waals surface area contributed by atoms with Gasteiger partial charge in [0.25, 0.3) is 0 Å². The van der Waals surface area contributed by atoms with Gasteiger partial charge in [-0.1, -0.05) is 0 Å². The zero-order chi connectivity index (χ0) is 15.1. The van der Waals surface area contributed by atoms with Crippen LogP contribution in [0.15, 0.2) is 0 Å². The SMILES string of the molecule is COC(=O)[C@@H]1[C@@H]2CC[C@H](C[C@H]2O)N1C(=O)OC(C)(C)C. The number of hydrogen-bond donors (Lipinski definition) is 1. The molecule has 0 unspecified atom stereocenters. The van der Waals surface area contributed by atoms with Crippen molar-refractivity contribution < 1.29 is 24.2 Å². The fourth-order valence-corrected chi connectivity index (χ4v) is 3.19.